The number of carbonyl (C=O) groups excluding carboxylic acids is 1. The Bertz CT molecular complexity index is 553. The van der Waals surface area contributed by atoms with Crippen LogP contribution in [0.2, 0.25) is 0 Å². The number of benzene rings is 1. The highest BCUT2D eigenvalue weighted by molar-refractivity contribution is 14.1. The molecule has 6 heteroatoms. The van der Waals surface area contributed by atoms with Crippen molar-refractivity contribution in [2.75, 3.05) is 5.73 Å². The summed E-state index contributed by atoms with van der Waals surface area (Å²) < 4.78 is 1.07. The number of nitrogens with zero attached hydrogens (tertiary/aromatic N) is 1. The Hall–Kier alpha value is -1.15. The number of amides is 1. The van der Waals surface area contributed by atoms with Gasteiger partial charge in [0.1, 0.15) is 4.88 Å². The lowest BCUT2D eigenvalue weighted by Gasteiger charge is -1.99. The van der Waals surface area contributed by atoms with Crippen LogP contribution in [0.4, 0.5) is 5.13 Å². The van der Waals surface area contributed by atoms with Crippen LogP contribution in [0.25, 0.3) is 11.3 Å². The first-order chi connectivity index (χ1) is 7.58. The van der Waals surface area contributed by atoms with Gasteiger partial charge < -0.3 is 11.5 Å². The molecule has 0 aliphatic carbocycles. The number of anilines is 1. The van der Waals surface area contributed by atoms with Crippen LogP contribution >= 0.6 is 33.9 Å². The van der Waals surface area contributed by atoms with Gasteiger partial charge >= 0.3 is 0 Å². The van der Waals surface area contributed by atoms with Crippen LogP contribution in [0, 0.1) is 3.57 Å². The zero-order valence-corrected chi connectivity index (χ0v) is 11.1. The molecule has 0 fully saturated rings. The van der Waals surface area contributed by atoms with E-state index in [-0.39, 0.29) is 0 Å². The molecule has 0 unspecified atom stereocenters. The van der Waals surface area contributed by atoms with Gasteiger partial charge in [-0.15, -0.1) is 0 Å². The number of rotatable bonds is 2. The second-order valence-electron chi connectivity index (χ2n) is 3.10. The van der Waals surface area contributed by atoms with Crippen molar-refractivity contribution in [3.63, 3.8) is 0 Å². The van der Waals surface area contributed by atoms with E-state index in [4.69, 9.17) is 11.5 Å². The standard InChI is InChI=1S/C10H8IN3OS/c11-6-3-1-2-5(4-6)7-8(9(12)15)16-10(13)14-7/h1-4H,(H2,12,15)(H2,13,14). The Morgan fingerprint density at radius 1 is 1.44 bits per heavy atom. The van der Waals surface area contributed by atoms with Gasteiger partial charge in [-0.05, 0) is 34.7 Å². The van der Waals surface area contributed by atoms with Crippen molar-refractivity contribution < 1.29 is 4.79 Å². The molecule has 2 rings (SSSR count). The van der Waals surface area contributed by atoms with Gasteiger partial charge in [-0.1, -0.05) is 23.5 Å². The number of halogens is 1. The van der Waals surface area contributed by atoms with Crippen molar-refractivity contribution in [2.24, 2.45) is 5.73 Å². The SMILES string of the molecule is NC(=O)c1sc(N)nc1-c1cccc(I)c1. The number of thiazole rings is 1. The fourth-order valence-electron chi connectivity index (χ4n) is 1.34. The molecule has 1 aromatic carbocycles. The van der Waals surface area contributed by atoms with Crippen molar-refractivity contribution in [3.05, 3.63) is 32.7 Å². The van der Waals surface area contributed by atoms with Crippen molar-refractivity contribution in [1.29, 1.82) is 0 Å². The van der Waals surface area contributed by atoms with Crippen LogP contribution in [0.3, 0.4) is 0 Å². The largest absolute Gasteiger partial charge is 0.375 e. The highest BCUT2D eigenvalue weighted by atomic mass is 127. The van der Waals surface area contributed by atoms with E-state index < -0.39 is 5.91 Å². The Morgan fingerprint density at radius 3 is 2.81 bits per heavy atom. The fourth-order valence-corrected chi connectivity index (χ4v) is 2.59. The van der Waals surface area contributed by atoms with Gasteiger partial charge in [0.15, 0.2) is 5.13 Å². The van der Waals surface area contributed by atoms with E-state index in [2.05, 4.69) is 27.6 Å². The topological polar surface area (TPSA) is 82.0 Å². The maximum atomic E-state index is 11.2. The van der Waals surface area contributed by atoms with E-state index >= 15 is 0 Å². The van der Waals surface area contributed by atoms with Gasteiger partial charge in [-0.3, -0.25) is 4.79 Å². The minimum Gasteiger partial charge on any atom is -0.375 e. The van der Waals surface area contributed by atoms with Crippen LogP contribution in [-0.4, -0.2) is 10.9 Å². The molecule has 1 amide bonds. The molecule has 0 spiro atoms. The molecule has 0 bridgehead atoms. The van der Waals surface area contributed by atoms with E-state index in [1.54, 1.807) is 0 Å². The second kappa shape index (κ2) is 4.38. The third kappa shape index (κ3) is 2.17. The lowest BCUT2D eigenvalue weighted by Crippen LogP contribution is -2.10. The molecule has 2 aromatic rings. The highest BCUT2D eigenvalue weighted by Gasteiger charge is 2.16. The Balaban J connectivity index is 2.59. The lowest BCUT2D eigenvalue weighted by atomic mass is 10.1. The quantitative estimate of drug-likeness (QED) is 0.818. The molecule has 82 valence electrons. The van der Waals surface area contributed by atoms with E-state index in [9.17, 15) is 4.79 Å². The van der Waals surface area contributed by atoms with Crippen molar-refractivity contribution in [1.82, 2.24) is 4.98 Å². The maximum absolute atomic E-state index is 11.2. The first-order valence-electron chi connectivity index (χ1n) is 4.40. The van der Waals surface area contributed by atoms with Gasteiger partial charge in [-0.25, -0.2) is 4.98 Å². The van der Waals surface area contributed by atoms with Crippen LogP contribution < -0.4 is 11.5 Å². The number of nitrogen functional groups attached to an aromatic ring is 1. The number of carbonyl (C=O) groups is 1. The third-order valence-electron chi connectivity index (χ3n) is 1.97. The van der Waals surface area contributed by atoms with Gasteiger partial charge in [0.05, 0.1) is 5.69 Å². The van der Waals surface area contributed by atoms with Gasteiger partial charge in [-0.2, -0.15) is 0 Å². The first kappa shape index (κ1) is 11.3. The molecule has 1 aromatic heterocycles. The molecule has 1 heterocycles. The molecule has 0 aliphatic rings. The van der Waals surface area contributed by atoms with Crippen molar-refractivity contribution >= 4 is 45.0 Å². The number of hydrogen-bond acceptors (Lipinski definition) is 4. The normalized spacial score (nSPS) is 10.3. The smallest absolute Gasteiger partial charge is 0.261 e. The number of aromatic nitrogens is 1. The number of nitrogens with two attached hydrogens (primary N) is 2. The molecule has 0 saturated carbocycles. The summed E-state index contributed by atoms with van der Waals surface area (Å²) in [4.78, 5) is 15.8. The summed E-state index contributed by atoms with van der Waals surface area (Å²) in [7, 11) is 0. The molecule has 4 nitrogen and oxygen atoms in total. The fraction of sp³-hybridized carbons (Fsp3) is 0. The van der Waals surface area contributed by atoms with E-state index in [0.29, 0.717) is 15.7 Å². The molecule has 16 heavy (non-hydrogen) atoms. The predicted molar refractivity (Wildman–Crippen MR) is 73.2 cm³/mol. The zero-order valence-electron chi connectivity index (χ0n) is 8.11. The summed E-state index contributed by atoms with van der Waals surface area (Å²) in [5.41, 5.74) is 12.3. The molecule has 0 saturated heterocycles. The molecule has 0 atom stereocenters. The van der Waals surface area contributed by atoms with Crippen LogP contribution in [0.1, 0.15) is 9.67 Å². The van der Waals surface area contributed by atoms with E-state index in [0.717, 1.165) is 20.5 Å². The van der Waals surface area contributed by atoms with Crippen LogP contribution in [0.15, 0.2) is 24.3 Å². The van der Waals surface area contributed by atoms with E-state index in [1.165, 1.54) is 0 Å². The summed E-state index contributed by atoms with van der Waals surface area (Å²) >= 11 is 3.31. The second-order valence-corrected chi connectivity index (χ2v) is 5.38. The van der Waals surface area contributed by atoms with Gasteiger partial charge in [0.2, 0.25) is 0 Å². The summed E-state index contributed by atoms with van der Waals surface area (Å²) in [6, 6.07) is 7.67. The Kier molecular flexibility index (Phi) is 3.10. The third-order valence-corrected chi connectivity index (χ3v) is 3.54. The average molecular weight is 345 g/mol. The average Bonchev–Trinajstić information content (AvgIpc) is 2.60. The monoisotopic (exact) mass is 345 g/mol. The van der Waals surface area contributed by atoms with Crippen molar-refractivity contribution in [2.45, 2.75) is 0 Å². The van der Waals surface area contributed by atoms with Crippen LogP contribution in [0.5, 0.6) is 0 Å². The summed E-state index contributed by atoms with van der Waals surface area (Å²) in [6.07, 6.45) is 0. The highest BCUT2D eigenvalue weighted by Crippen LogP contribution is 2.29. The lowest BCUT2D eigenvalue weighted by molar-refractivity contribution is 0.100. The Morgan fingerprint density at radius 2 is 2.19 bits per heavy atom. The molecule has 0 aliphatic heterocycles. The predicted octanol–water partition coefficient (Wildman–Crippen LogP) is 2.10. The molecule has 0 radical (unpaired) electrons. The maximum Gasteiger partial charge on any atom is 0.261 e. The zero-order chi connectivity index (χ0) is 11.7. The summed E-state index contributed by atoms with van der Waals surface area (Å²) in [6.45, 7) is 0. The molecular weight excluding hydrogens is 337 g/mol. The van der Waals surface area contributed by atoms with Crippen LogP contribution in [-0.2, 0) is 0 Å². The Labute approximate surface area is 110 Å². The van der Waals surface area contributed by atoms with Crippen molar-refractivity contribution in [3.8, 4) is 11.3 Å². The first-order valence-corrected chi connectivity index (χ1v) is 6.29. The molecule has 4 N–H and O–H groups in total. The number of hydrogen-bond donors (Lipinski definition) is 2. The molecular formula is C10H8IN3OS. The summed E-state index contributed by atoms with van der Waals surface area (Å²) in [5.74, 6) is -0.497. The number of primary amides is 1. The minimum atomic E-state index is -0.497. The van der Waals surface area contributed by atoms with E-state index in [1.807, 2.05) is 24.3 Å². The van der Waals surface area contributed by atoms with Gasteiger partial charge in [0, 0.05) is 9.13 Å². The van der Waals surface area contributed by atoms with Gasteiger partial charge in [0.25, 0.3) is 5.91 Å². The summed E-state index contributed by atoms with van der Waals surface area (Å²) in [5, 5.41) is 0.350. The minimum absolute atomic E-state index is 0.350.